The van der Waals surface area contributed by atoms with Crippen LogP contribution in [0, 0.1) is 0 Å². The lowest BCUT2D eigenvalue weighted by Crippen LogP contribution is -2.29. The van der Waals surface area contributed by atoms with Crippen molar-refractivity contribution in [2.45, 2.75) is 25.8 Å². The van der Waals surface area contributed by atoms with E-state index in [1.165, 1.54) is 11.1 Å². The minimum Gasteiger partial charge on any atom is -0.297 e. The van der Waals surface area contributed by atoms with Crippen LogP contribution in [-0.4, -0.2) is 20.6 Å². The van der Waals surface area contributed by atoms with Crippen molar-refractivity contribution in [3.8, 4) is 0 Å². The van der Waals surface area contributed by atoms with E-state index in [1.54, 1.807) is 0 Å². The lowest BCUT2D eigenvalue weighted by atomic mass is 9.86. The van der Waals surface area contributed by atoms with E-state index in [0.717, 1.165) is 27.9 Å². The van der Waals surface area contributed by atoms with Gasteiger partial charge in [0.05, 0.1) is 27.6 Å². The van der Waals surface area contributed by atoms with E-state index >= 15 is 0 Å². The number of aliphatic imine (C=N–C) groups is 1. The van der Waals surface area contributed by atoms with Crippen LogP contribution < -0.4 is 0 Å². The standard InChI is InChI=1S/C18H16BrN3/c1-18(2)10-12-6-3-4-7-13(12)16(21-18)15-11-20-17-14(19)8-5-9-22(15)17/h3-9,11H,10H2,1-2H3. The van der Waals surface area contributed by atoms with E-state index in [2.05, 4.69) is 63.4 Å². The van der Waals surface area contributed by atoms with Crippen molar-refractivity contribution < 1.29 is 0 Å². The van der Waals surface area contributed by atoms with E-state index in [4.69, 9.17) is 4.99 Å². The fourth-order valence-electron chi connectivity index (χ4n) is 3.12. The lowest BCUT2D eigenvalue weighted by Gasteiger charge is -2.28. The molecule has 2 aromatic heterocycles. The van der Waals surface area contributed by atoms with E-state index in [9.17, 15) is 0 Å². The fourth-order valence-corrected chi connectivity index (χ4v) is 3.57. The molecule has 0 fully saturated rings. The normalized spacial score (nSPS) is 16.4. The van der Waals surface area contributed by atoms with Crippen molar-refractivity contribution in [2.24, 2.45) is 4.99 Å². The first kappa shape index (κ1) is 13.7. The van der Waals surface area contributed by atoms with Gasteiger partial charge in [-0.1, -0.05) is 24.3 Å². The van der Waals surface area contributed by atoms with Crippen LogP contribution in [0.1, 0.15) is 30.7 Å². The Kier molecular flexibility index (Phi) is 2.98. The van der Waals surface area contributed by atoms with Gasteiger partial charge in [0.1, 0.15) is 0 Å². The van der Waals surface area contributed by atoms with Crippen LogP contribution in [0.15, 0.2) is 58.3 Å². The zero-order valence-electron chi connectivity index (χ0n) is 12.5. The third kappa shape index (κ3) is 2.10. The molecule has 0 saturated heterocycles. The van der Waals surface area contributed by atoms with E-state index in [0.29, 0.717) is 0 Å². The van der Waals surface area contributed by atoms with Crippen LogP contribution in [0.2, 0.25) is 0 Å². The second kappa shape index (κ2) is 4.78. The Morgan fingerprint density at radius 3 is 2.82 bits per heavy atom. The number of benzene rings is 1. The number of rotatable bonds is 1. The molecule has 0 spiro atoms. The fraction of sp³-hybridized carbons (Fsp3) is 0.222. The van der Waals surface area contributed by atoms with Crippen LogP contribution in [-0.2, 0) is 6.42 Å². The summed E-state index contributed by atoms with van der Waals surface area (Å²) in [6.07, 6.45) is 4.92. The highest BCUT2D eigenvalue weighted by atomic mass is 79.9. The van der Waals surface area contributed by atoms with Gasteiger partial charge in [0, 0.05) is 11.8 Å². The molecule has 4 heteroatoms. The van der Waals surface area contributed by atoms with Crippen LogP contribution in [0.5, 0.6) is 0 Å². The van der Waals surface area contributed by atoms with Gasteiger partial charge in [-0.25, -0.2) is 4.98 Å². The molecule has 0 bridgehead atoms. The summed E-state index contributed by atoms with van der Waals surface area (Å²) in [5.74, 6) is 0. The highest BCUT2D eigenvalue weighted by Crippen LogP contribution is 2.30. The maximum Gasteiger partial charge on any atom is 0.151 e. The number of hydrogen-bond donors (Lipinski definition) is 0. The number of fused-ring (bicyclic) bond motifs is 2. The lowest BCUT2D eigenvalue weighted by molar-refractivity contribution is 0.513. The van der Waals surface area contributed by atoms with Gasteiger partial charge in [-0.05, 0) is 53.9 Å². The minimum absolute atomic E-state index is 0.0974. The third-order valence-corrected chi connectivity index (χ3v) is 4.66. The zero-order valence-corrected chi connectivity index (χ0v) is 14.1. The highest BCUT2D eigenvalue weighted by Gasteiger charge is 2.28. The summed E-state index contributed by atoms with van der Waals surface area (Å²) in [5, 5.41) is 0. The Morgan fingerprint density at radius 2 is 1.95 bits per heavy atom. The summed E-state index contributed by atoms with van der Waals surface area (Å²) in [6.45, 7) is 4.37. The largest absolute Gasteiger partial charge is 0.297 e. The molecule has 0 atom stereocenters. The minimum atomic E-state index is -0.0974. The second-order valence-corrected chi connectivity index (χ2v) is 7.15. The zero-order chi connectivity index (χ0) is 15.3. The second-order valence-electron chi connectivity index (χ2n) is 6.30. The summed E-state index contributed by atoms with van der Waals surface area (Å²) in [7, 11) is 0. The molecule has 0 N–H and O–H groups in total. The van der Waals surface area contributed by atoms with Gasteiger partial charge >= 0.3 is 0 Å². The topological polar surface area (TPSA) is 29.7 Å². The Morgan fingerprint density at radius 1 is 1.14 bits per heavy atom. The van der Waals surface area contributed by atoms with Crippen LogP contribution >= 0.6 is 15.9 Å². The Balaban J connectivity index is 2.00. The number of nitrogens with zero attached hydrogens (tertiary/aromatic N) is 3. The van der Waals surface area contributed by atoms with Crippen molar-refractivity contribution in [3.63, 3.8) is 0 Å². The summed E-state index contributed by atoms with van der Waals surface area (Å²) < 4.78 is 3.09. The number of pyridine rings is 1. The van der Waals surface area contributed by atoms with Gasteiger partial charge in [-0.3, -0.25) is 9.39 Å². The molecule has 4 rings (SSSR count). The van der Waals surface area contributed by atoms with Crippen molar-refractivity contribution in [1.82, 2.24) is 9.38 Å². The van der Waals surface area contributed by atoms with Crippen molar-refractivity contribution in [1.29, 1.82) is 0 Å². The number of hydrogen-bond acceptors (Lipinski definition) is 2. The molecule has 0 amide bonds. The van der Waals surface area contributed by atoms with Crippen molar-refractivity contribution in [3.05, 3.63) is 70.1 Å². The molecule has 3 nitrogen and oxygen atoms in total. The summed E-state index contributed by atoms with van der Waals surface area (Å²) >= 11 is 3.57. The predicted molar refractivity (Wildman–Crippen MR) is 92.8 cm³/mol. The third-order valence-electron chi connectivity index (χ3n) is 4.04. The van der Waals surface area contributed by atoms with Crippen LogP contribution in [0.3, 0.4) is 0 Å². The first-order chi connectivity index (χ1) is 10.6. The maximum atomic E-state index is 5.02. The molecule has 110 valence electrons. The molecule has 1 aromatic carbocycles. The molecule has 0 unspecified atom stereocenters. The molecule has 22 heavy (non-hydrogen) atoms. The first-order valence-corrected chi connectivity index (χ1v) is 8.14. The highest BCUT2D eigenvalue weighted by molar-refractivity contribution is 9.10. The molecule has 0 radical (unpaired) electrons. The average Bonchev–Trinajstić information content (AvgIpc) is 2.91. The molecular formula is C18H16BrN3. The Labute approximate surface area is 137 Å². The summed E-state index contributed by atoms with van der Waals surface area (Å²) in [6, 6.07) is 12.6. The SMILES string of the molecule is CC1(C)Cc2ccccc2C(c2cnc3c(Br)cccn23)=N1. The summed E-state index contributed by atoms with van der Waals surface area (Å²) in [4.78, 5) is 9.57. The Bertz CT molecular complexity index is 906. The van der Waals surface area contributed by atoms with Gasteiger partial charge in [-0.15, -0.1) is 0 Å². The molecular weight excluding hydrogens is 338 g/mol. The van der Waals surface area contributed by atoms with Gasteiger partial charge in [0.15, 0.2) is 5.65 Å². The smallest absolute Gasteiger partial charge is 0.151 e. The number of aromatic nitrogens is 2. The quantitative estimate of drug-likeness (QED) is 0.642. The van der Waals surface area contributed by atoms with Gasteiger partial charge in [0.2, 0.25) is 0 Å². The van der Waals surface area contributed by atoms with Gasteiger partial charge < -0.3 is 0 Å². The Hall–Kier alpha value is -1.94. The van der Waals surface area contributed by atoms with E-state index < -0.39 is 0 Å². The molecule has 0 saturated carbocycles. The van der Waals surface area contributed by atoms with Crippen LogP contribution in [0.4, 0.5) is 0 Å². The van der Waals surface area contributed by atoms with E-state index in [1.807, 2.05) is 24.5 Å². The monoisotopic (exact) mass is 353 g/mol. The summed E-state index contributed by atoms with van der Waals surface area (Å²) in [5.41, 5.74) is 5.45. The van der Waals surface area contributed by atoms with Crippen LogP contribution in [0.25, 0.3) is 5.65 Å². The van der Waals surface area contributed by atoms with E-state index in [-0.39, 0.29) is 5.54 Å². The van der Waals surface area contributed by atoms with Gasteiger partial charge in [-0.2, -0.15) is 0 Å². The molecule has 3 aromatic rings. The molecule has 1 aliphatic heterocycles. The van der Waals surface area contributed by atoms with Gasteiger partial charge in [0.25, 0.3) is 0 Å². The molecule has 1 aliphatic rings. The number of imidazole rings is 1. The molecule has 3 heterocycles. The molecule has 0 aliphatic carbocycles. The average molecular weight is 354 g/mol. The maximum absolute atomic E-state index is 5.02. The number of halogens is 1. The van der Waals surface area contributed by atoms with Crippen molar-refractivity contribution in [2.75, 3.05) is 0 Å². The first-order valence-electron chi connectivity index (χ1n) is 7.35. The van der Waals surface area contributed by atoms with Crippen molar-refractivity contribution >= 4 is 27.3 Å². The predicted octanol–water partition coefficient (Wildman–Crippen LogP) is 4.27.